The van der Waals surface area contributed by atoms with E-state index in [4.69, 9.17) is 14.5 Å². The van der Waals surface area contributed by atoms with Crippen molar-refractivity contribution in [3.63, 3.8) is 0 Å². The Balaban J connectivity index is 1.23. The van der Waals surface area contributed by atoms with E-state index in [0.717, 1.165) is 70.1 Å². The van der Waals surface area contributed by atoms with Crippen molar-refractivity contribution in [1.29, 1.82) is 0 Å². The fraction of sp³-hybridized carbons (Fsp3) is 0.439. The van der Waals surface area contributed by atoms with Gasteiger partial charge in [-0.1, -0.05) is 32.0 Å². The molecule has 3 aliphatic rings. The number of nitrogens with zero attached hydrogens (tertiary/aromatic N) is 1. The number of aromatic nitrogens is 2. The maximum absolute atomic E-state index is 16.3. The molecule has 0 saturated heterocycles. The third-order valence-electron chi connectivity index (χ3n) is 15.4. The molecule has 7 atom stereocenters. The van der Waals surface area contributed by atoms with Gasteiger partial charge in [-0.05, 0) is 183 Å². The molecule has 4 heterocycles. The molecule has 0 unspecified atom stereocenters. The van der Waals surface area contributed by atoms with E-state index in [0.29, 0.717) is 74.9 Å². The largest absolute Gasteiger partial charge is 0.508 e. The number of phenols is 4. The van der Waals surface area contributed by atoms with E-state index in [1.54, 1.807) is 30.5 Å². The summed E-state index contributed by atoms with van der Waals surface area (Å²) in [7, 11) is 1.88. The highest BCUT2D eigenvalue weighted by molar-refractivity contribution is 5.93. The van der Waals surface area contributed by atoms with Gasteiger partial charge in [0.2, 0.25) is 5.75 Å². The van der Waals surface area contributed by atoms with Crippen LogP contribution in [-0.4, -0.2) is 85.4 Å². The molecule has 1 fully saturated rings. The molecule has 2 bridgehead atoms. The highest BCUT2D eigenvalue weighted by Crippen LogP contribution is 2.56. The van der Waals surface area contributed by atoms with Crippen LogP contribution >= 0.6 is 0 Å². The fourth-order valence-electron chi connectivity index (χ4n) is 12.2. The highest BCUT2D eigenvalue weighted by atomic mass is 16.5. The minimum atomic E-state index is -1.19. The van der Waals surface area contributed by atoms with Crippen LogP contribution in [0.4, 0.5) is 11.5 Å². The third kappa shape index (κ3) is 9.89. The summed E-state index contributed by atoms with van der Waals surface area (Å²) in [4.78, 5) is 24.5. The number of carbonyl (C=O) groups is 1. The van der Waals surface area contributed by atoms with Crippen molar-refractivity contribution in [2.45, 2.75) is 114 Å². The second kappa shape index (κ2) is 21.0. The number of Topliss-reactive ketones (excluding diaryl/α,β-unsaturated/α-hetero) is 1. The number of aromatic amines is 1. The lowest BCUT2D eigenvalue weighted by Gasteiger charge is -2.45. The number of aryl methyl sites for hydroxylation is 1. The minimum absolute atomic E-state index is 0.0548. The number of aliphatic hydroxyl groups excluding tert-OH is 2. The summed E-state index contributed by atoms with van der Waals surface area (Å²) in [6.45, 7) is 5.59. The quantitative estimate of drug-likeness (QED) is 0.0369. The fourth-order valence-corrected chi connectivity index (χ4v) is 12.2. The van der Waals surface area contributed by atoms with Crippen LogP contribution < -0.4 is 20.1 Å². The Labute approximate surface area is 409 Å². The average molecular weight is 953 g/mol. The number of aromatic hydroxyl groups is 4. The SMILES string of the molecule is CNC[C@@H]1C[C@H](c2cc(O)c(O)c(OCCCC(C)C)c2)CC(=O)[C@@H]([C@H](O)CCc2ccc(O)c3c2CCCO3)[C@]2(CC[C@@H](O)[C@@H]2Cc2ccc[nH]2)c2ccnc(c2)Nc2ccc3cc(O)ccc3c21. The van der Waals surface area contributed by atoms with Crippen molar-refractivity contribution in [2.75, 3.05) is 32.1 Å². The summed E-state index contributed by atoms with van der Waals surface area (Å²) < 4.78 is 12.1. The zero-order chi connectivity index (χ0) is 49.1. The Hall–Kier alpha value is -6.28. The van der Waals surface area contributed by atoms with Gasteiger partial charge in [0.15, 0.2) is 23.0 Å². The summed E-state index contributed by atoms with van der Waals surface area (Å²) in [5.74, 6) is -1.51. The molecular formula is C57H68N4O9. The Kier molecular flexibility index (Phi) is 14.6. The number of nitrogens with one attached hydrogen (secondary N) is 3. The monoisotopic (exact) mass is 952 g/mol. The van der Waals surface area contributed by atoms with Crippen molar-refractivity contribution in [3.8, 4) is 34.5 Å². The summed E-state index contributed by atoms with van der Waals surface area (Å²) in [5, 5.41) is 78.3. The van der Waals surface area contributed by atoms with Gasteiger partial charge in [-0.3, -0.25) is 4.79 Å². The van der Waals surface area contributed by atoms with E-state index in [2.05, 4.69) is 29.5 Å². The molecule has 13 nitrogen and oxygen atoms in total. The minimum Gasteiger partial charge on any atom is -0.508 e. The van der Waals surface area contributed by atoms with Gasteiger partial charge >= 0.3 is 0 Å². The number of ether oxygens (including phenoxy) is 2. The first-order valence-corrected chi connectivity index (χ1v) is 25.1. The van der Waals surface area contributed by atoms with Crippen LogP contribution in [0.25, 0.3) is 10.8 Å². The first-order valence-electron chi connectivity index (χ1n) is 25.1. The van der Waals surface area contributed by atoms with Crippen LogP contribution in [-0.2, 0) is 29.5 Å². The number of benzene rings is 4. The van der Waals surface area contributed by atoms with E-state index in [1.807, 2.05) is 61.8 Å². The lowest BCUT2D eigenvalue weighted by molar-refractivity contribution is -0.132. The Bertz CT molecular complexity index is 2800. The maximum atomic E-state index is 16.3. The molecule has 2 aliphatic heterocycles. The Morgan fingerprint density at radius 2 is 1.84 bits per heavy atom. The van der Waals surface area contributed by atoms with Crippen molar-refractivity contribution in [2.24, 2.45) is 17.8 Å². The summed E-state index contributed by atoms with van der Waals surface area (Å²) >= 11 is 0. The normalized spacial score (nSPS) is 22.9. The van der Waals surface area contributed by atoms with Gasteiger partial charge in [0.25, 0.3) is 0 Å². The molecular weight excluding hydrogens is 885 g/mol. The van der Waals surface area contributed by atoms with E-state index in [1.165, 1.54) is 6.07 Å². The number of hydrogen-bond donors (Lipinski definition) is 9. The standard InChI is InChI=1S/C57H68N4O9/c1-33(2)7-5-23-69-51-29-37(28-50(67)55(51)68)36-25-38(32-58-3)53-42-14-13-41(62)26-35(42)10-15-45(53)61-52-30-39(19-22-60-52)57(20-18-46(63)44(57)31-40-8-4-21-59-40)54(49(66)27-36)47(64)16-11-34-12-17-48(65)56-43(34)9-6-24-70-56/h4,8,10,12-15,17,19,21-22,26,28-30,33,36,38,44,46-47,54,58-59,62-65,67-68H,5-7,9,11,16,18,20,23-25,27,31-32H2,1-3H3,(H,60,61)/t36-,38-,44-,46+,47+,54+,57+/m0/s1. The topological polar surface area (TPSA) is 210 Å². The van der Waals surface area contributed by atoms with Crippen LogP contribution in [0, 0.1) is 17.8 Å². The summed E-state index contributed by atoms with van der Waals surface area (Å²) in [6, 6.07) is 23.9. The van der Waals surface area contributed by atoms with Gasteiger partial charge < -0.3 is 55.7 Å². The number of anilines is 2. The Morgan fingerprint density at radius 1 is 0.986 bits per heavy atom. The lowest BCUT2D eigenvalue weighted by Crippen LogP contribution is -2.51. The summed E-state index contributed by atoms with van der Waals surface area (Å²) in [6.07, 6.45) is 6.93. The van der Waals surface area contributed by atoms with E-state index in [-0.39, 0.29) is 53.3 Å². The highest BCUT2D eigenvalue weighted by Gasteiger charge is 2.58. The average Bonchev–Trinajstić information content (AvgIpc) is 3.98. The zero-order valence-electron chi connectivity index (χ0n) is 40.5. The number of ketones is 1. The molecule has 9 N–H and O–H groups in total. The molecule has 9 rings (SSSR count). The number of H-pyrrole nitrogens is 1. The second-order valence-corrected chi connectivity index (χ2v) is 20.4. The van der Waals surface area contributed by atoms with Crippen LogP contribution in [0.2, 0.25) is 0 Å². The lowest BCUT2D eigenvalue weighted by atomic mass is 9.58. The molecule has 1 saturated carbocycles. The second-order valence-electron chi connectivity index (χ2n) is 20.4. The molecule has 1 aliphatic carbocycles. The number of carbonyl (C=O) groups excluding carboxylic acids is 1. The van der Waals surface area contributed by atoms with Crippen molar-refractivity contribution in [1.82, 2.24) is 15.3 Å². The Morgan fingerprint density at radius 3 is 2.64 bits per heavy atom. The van der Waals surface area contributed by atoms with Gasteiger partial charge in [0, 0.05) is 53.6 Å². The number of phenolic OH excluding ortho intramolecular Hbond substituents is 4. The smallest absolute Gasteiger partial charge is 0.200 e. The van der Waals surface area contributed by atoms with E-state index in [9.17, 15) is 30.6 Å². The molecule has 2 aromatic heterocycles. The number of pyridine rings is 1. The molecule has 13 heteroatoms. The zero-order valence-corrected chi connectivity index (χ0v) is 40.5. The van der Waals surface area contributed by atoms with Gasteiger partial charge in [-0.2, -0.15) is 0 Å². The first-order chi connectivity index (χ1) is 33.8. The molecule has 70 heavy (non-hydrogen) atoms. The molecule has 370 valence electrons. The number of likely N-dealkylation sites (N-methyl/N-ethyl adjacent to an activating group) is 1. The van der Waals surface area contributed by atoms with Crippen molar-refractivity contribution >= 4 is 28.1 Å². The number of hydrogen-bond acceptors (Lipinski definition) is 12. The van der Waals surface area contributed by atoms with Gasteiger partial charge in [0.1, 0.15) is 17.4 Å². The van der Waals surface area contributed by atoms with Crippen LogP contribution in [0.3, 0.4) is 0 Å². The number of aliphatic hydroxyl groups is 2. The van der Waals surface area contributed by atoms with E-state index < -0.39 is 35.4 Å². The molecule has 4 aromatic carbocycles. The molecule has 1 spiro atoms. The van der Waals surface area contributed by atoms with Crippen LogP contribution in [0.5, 0.6) is 34.5 Å². The predicted molar refractivity (Wildman–Crippen MR) is 271 cm³/mol. The third-order valence-corrected chi connectivity index (χ3v) is 15.4. The van der Waals surface area contributed by atoms with Crippen LogP contribution in [0.15, 0.2) is 91.3 Å². The van der Waals surface area contributed by atoms with E-state index >= 15 is 4.79 Å². The van der Waals surface area contributed by atoms with Crippen molar-refractivity contribution < 1.29 is 44.9 Å². The molecule has 0 amide bonds. The van der Waals surface area contributed by atoms with Gasteiger partial charge in [-0.15, -0.1) is 0 Å². The first kappa shape index (κ1) is 48.7. The summed E-state index contributed by atoms with van der Waals surface area (Å²) in [5.41, 5.74) is 4.76. The maximum Gasteiger partial charge on any atom is 0.200 e. The van der Waals surface area contributed by atoms with Gasteiger partial charge in [-0.25, -0.2) is 4.98 Å². The number of fused-ring (bicyclic) bond motifs is 7. The number of rotatable bonds is 14. The van der Waals surface area contributed by atoms with Crippen molar-refractivity contribution in [3.05, 3.63) is 125 Å². The van der Waals surface area contributed by atoms with Gasteiger partial charge in [0.05, 0.1) is 31.3 Å². The predicted octanol–water partition coefficient (Wildman–Crippen LogP) is 9.58. The molecule has 6 aromatic rings. The molecule has 0 radical (unpaired) electrons. The van der Waals surface area contributed by atoms with Crippen LogP contribution in [0.1, 0.15) is 111 Å².